The van der Waals surface area contributed by atoms with Crippen molar-refractivity contribution in [2.75, 3.05) is 0 Å². The van der Waals surface area contributed by atoms with Crippen LogP contribution in [0.1, 0.15) is 16.5 Å². The van der Waals surface area contributed by atoms with E-state index in [4.69, 9.17) is 16.0 Å². The molecule has 3 heteroatoms. The number of benzene rings is 2. The number of hydrogen-bond donors (Lipinski definition) is 0. The van der Waals surface area contributed by atoms with Gasteiger partial charge >= 0.3 is 0 Å². The first kappa shape index (κ1) is 11.8. The Morgan fingerprint density at radius 1 is 1.00 bits per heavy atom. The van der Waals surface area contributed by atoms with Gasteiger partial charge in [0.25, 0.3) is 0 Å². The van der Waals surface area contributed by atoms with Gasteiger partial charge in [-0.1, -0.05) is 46.3 Å². The van der Waals surface area contributed by atoms with Crippen molar-refractivity contribution in [3.63, 3.8) is 0 Å². The molecule has 0 bridgehead atoms. The molecular weight excluding hydrogens is 312 g/mol. The first-order valence-corrected chi connectivity index (χ1v) is 6.83. The maximum Gasteiger partial charge on any atom is 0.0952 e. The van der Waals surface area contributed by atoms with E-state index in [1.165, 1.54) is 5.39 Å². The average Bonchev–Trinajstić information content (AvgIpc) is 2.93. The van der Waals surface area contributed by atoms with Crippen LogP contribution >= 0.6 is 27.5 Å². The molecule has 18 heavy (non-hydrogen) atoms. The second-order valence-electron chi connectivity index (χ2n) is 4.10. The van der Waals surface area contributed by atoms with E-state index >= 15 is 0 Å². The molecular formula is C15H10BrClO. The molecule has 90 valence electrons. The van der Waals surface area contributed by atoms with Crippen molar-refractivity contribution in [2.45, 2.75) is 5.38 Å². The maximum atomic E-state index is 6.53. The molecule has 0 aliphatic heterocycles. The van der Waals surface area contributed by atoms with E-state index in [0.717, 1.165) is 21.0 Å². The van der Waals surface area contributed by atoms with Gasteiger partial charge in [-0.15, -0.1) is 11.6 Å². The quantitative estimate of drug-likeness (QED) is 0.566. The number of halogens is 2. The molecule has 0 saturated heterocycles. The molecule has 0 spiro atoms. The molecule has 1 heterocycles. The number of rotatable bonds is 2. The van der Waals surface area contributed by atoms with Crippen LogP contribution in [0.15, 0.2) is 63.9 Å². The SMILES string of the molecule is ClC(c1ccoc1)c1ccc(Br)c2ccccc12. The summed E-state index contributed by atoms with van der Waals surface area (Å²) in [6.07, 6.45) is 3.33. The first-order chi connectivity index (χ1) is 8.77. The van der Waals surface area contributed by atoms with E-state index in [0.29, 0.717) is 0 Å². The third-order valence-electron chi connectivity index (χ3n) is 3.01. The van der Waals surface area contributed by atoms with Gasteiger partial charge in [0.2, 0.25) is 0 Å². The van der Waals surface area contributed by atoms with Crippen molar-refractivity contribution in [1.82, 2.24) is 0 Å². The molecule has 0 radical (unpaired) electrons. The van der Waals surface area contributed by atoms with Crippen LogP contribution in [0.25, 0.3) is 10.8 Å². The summed E-state index contributed by atoms with van der Waals surface area (Å²) in [4.78, 5) is 0. The fraction of sp³-hybridized carbons (Fsp3) is 0.0667. The summed E-state index contributed by atoms with van der Waals surface area (Å²) in [5, 5.41) is 2.14. The third kappa shape index (κ3) is 1.96. The lowest BCUT2D eigenvalue weighted by Crippen LogP contribution is -1.93. The molecule has 0 aliphatic rings. The zero-order valence-corrected chi connectivity index (χ0v) is 11.8. The van der Waals surface area contributed by atoms with Gasteiger partial charge in [0.05, 0.1) is 17.9 Å². The molecule has 1 unspecified atom stereocenters. The standard InChI is InChI=1S/C15H10BrClO/c16-14-6-5-13(11-3-1-2-4-12(11)14)15(17)10-7-8-18-9-10/h1-9,15H. The molecule has 0 N–H and O–H groups in total. The van der Waals surface area contributed by atoms with Crippen LogP contribution in [0.4, 0.5) is 0 Å². The van der Waals surface area contributed by atoms with Gasteiger partial charge in [0.1, 0.15) is 0 Å². The predicted octanol–water partition coefficient (Wildman–Crippen LogP) is 5.52. The van der Waals surface area contributed by atoms with Gasteiger partial charge in [-0.25, -0.2) is 0 Å². The Morgan fingerprint density at radius 2 is 1.78 bits per heavy atom. The van der Waals surface area contributed by atoms with E-state index in [-0.39, 0.29) is 5.38 Å². The minimum absolute atomic E-state index is 0.193. The normalized spacial score (nSPS) is 12.8. The Kier molecular flexibility index (Phi) is 3.14. The highest BCUT2D eigenvalue weighted by molar-refractivity contribution is 9.10. The second-order valence-corrected chi connectivity index (χ2v) is 5.39. The Balaban J connectivity index is 2.21. The summed E-state index contributed by atoms with van der Waals surface area (Å²) >= 11 is 10.1. The molecule has 2 aromatic carbocycles. The van der Waals surface area contributed by atoms with Gasteiger partial charge in [0.15, 0.2) is 0 Å². The minimum atomic E-state index is -0.193. The van der Waals surface area contributed by atoms with Gasteiger partial charge in [-0.05, 0) is 28.5 Å². The third-order valence-corrected chi connectivity index (χ3v) is 4.19. The highest BCUT2D eigenvalue weighted by Crippen LogP contribution is 2.36. The molecule has 3 aromatic rings. The Labute approximate surface area is 119 Å². The van der Waals surface area contributed by atoms with E-state index in [2.05, 4.69) is 34.1 Å². The van der Waals surface area contributed by atoms with Gasteiger partial charge in [-0.3, -0.25) is 0 Å². The lowest BCUT2D eigenvalue weighted by atomic mass is 9.99. The van der Waals surface area contributed by atoms with Crippen LogP contribution < -0.4 is 0 Å². The Morgan fingerprint density at radius 3 is 2.50 bits per heavy atom. The fourth-order valence-corrected chi connectivity index (χ4v) is 2.90. The van der Waals surface area contributed by atoms with Crippen LogP contribution in [0.5, 0.6) is 0 Å². The number of fused-ring (bicyclic) bond motifs is 1. The summed E-state index contributed by atoms with van der Waals surface area (Å²) in [5.74, 6) is 0. The number of furan rings is 1. The zero-order chi connectivity index (χ0) is 12.5. The van der Waals surface area contributed by atoms with Gasteiger partial charge in [-0.2, -0.15) is 0 Å². The van der Waals surface area contributed by atoms with E-state index in [9.17, 15) is 0 Å². The Bertz CT molecular complexity index is 676. The molecule has 0 aliphatic carbocycles. The van der Waals surface area contributed by atoms with Crippen LogP contribution in [-0.4, -0.2) is 0 Å². The molecule has 3 rings (SSSR count). The van der Waals surface area contributed by atoms with Crippen molar-refractivity contribution in [3.8, 4) is 0 Å². The van der Waals surface area contributed by atoms with Gasteiger partial charge in [0, 0.05) is 10.0 Å². The lowest BCUT2D eigenvalue weighted by Gasteiger charge is -2.12. The Hall–Kier alpha value is -1.25. The van der Waals surface area contributed by atoms with Crippen LogP contribution in [0.3, 0.4) is 0 Å². The molecule has 1 nitrogen and oxygen atoms in total. The lowest BCUT2D eigenvalue weighted by molar-refractivity contribution is 0.564. The van der Waals surface area contributed by atoms with Crippen molar-refractivity contribution in [3.05, 3.63) is 70.6 Å². The predicted molar refractivity (Wildman–Crippen MR) is 78.1 cm³/mol. The molecule has 1 atom stereocenters. The summed E-state index contributed by atoms with van der Waals surface area (Å²) in [7, 11) is 0. The van der Waals surface area contributed by atoms with Crippen molar-refractivity contribution in [1.29, 1.82) is 0 Å². The van der Waals surface area contributed by atoms with Crippen molar-refractivity contribution < 1.29 is 4.42 Å². The van der Waals surface area contributed by atoms with Gasteiger partial charge < -0.3 is 4.42 Å². The number of hydrogen-bond acceptors (Lipinski definition) is 1. The molecule has 0 fully saturated rings. The largest absolute Gasteiger partial charge is 0.472 e. The van der Waals surface area contributed by atoms with E-state index in [1.54, 1.807) is 12.5 Å². The van der Waals surface area contributed by atoms with Crippen LogP contribution in [0, 0.1) is 0 Å². The highest BCUT2D eigenvalue weighted by atomic mass is 79.9. The van der Waals surface area contributed by atoms with Crippen LogP contribution in [0.2, 0.25) is 0 Å². The van der Waals surface area contributed by atoms with E-state index in [1.807, 2.05) is 24.3 Å². The first-order valence-electron chi connectivity index (χ1n) is 5.60. The monoisotopic (exact) mass is 320 g/mol. The molecule has 0 saturated carbocycles. The smallest absolute Gasteiger partial charge is 0.0952 e. The minimum Gasteiger partial charge on any atom is -0.472 e. The average molecular weight is 322 g/mol. The zero-order valence-electron chi connectivity index (χ0n) is 9.44. The number of alkyl halides is 1. The molecule has 1 aromatic heterocycles. The maximum absolute atomic E-state index is 6.53. The summed E-state index contributed by atoms with van der Waals surface area (Å²) in [6, 6.07) is 14.2. The summed E-state index contributed by atoms with van der Waals surface area (Å²) in [5.41, 5.74) is 2.07. The highest BCUT2D eigenvalue weighted by Gasteiger charge is 2.15. The van der Waals surface area contributed by atoms with E-state index < -0.39 is 0 Å². The fourth-order valence-electron chi connectivity index (χ4n) is 2.11. The van der Waals surface area contributed by atoms with Crippen molar-refractivity contribution in [2.24, 2.45) is 0 Å². The molecule has 0 amide bonds. The van der Waals surface area contributed by atoms with Crippen LogP contribution in [-0.2, 0) is 0 Å². The summed E-state index contributed by atoms with van der Waals surface area (Å²) < 4.78 is 6.18. The second kappa shape index (κ2) is 4.79. The van der Waals surface area contributed by atoms with Crippen molar-refractivity contribution >= 4 is 38.3 Å². The summed E-state index contributed by atoms with van der Waals surface area (Å²) in [6.45, 7) is 0. The topological polar surface area (TPSA) is 13.1 Å².